The summed E-state index contributed by atoms with van der Waals surface area (Å²) in [5.41, 5.74) is 1.78. The Morgan fingerprint density at radius 1 is 1.32 bits per heavy atom. The molecule has 0 unspecified atom stereocenters. The lowest BCUT2D eigenvalue weighted by molar-refractivity contribution is -0.118. The first-order valence-corrected chi connectivity index (χ1v) is 5.10. The monoisotopic (exact) mass is 270 g/mol. The molecule has 1 aliphatic rings. The highest BCUT2D eigenvalue weighted by molar-refractivity contribution is 6.03. The smallest absolute Gasteiger partial charge is 0.304 e. The topological polar surface area (TPSA) is 90.5 Å². The number of rotatable bonds is 2. The van der Waals surface area contributed by atoms with Crippen molar-refractivity contribution in [2.45, 2.75) is 0 Å². The Hall–Kier alpha value is -2.71. The van der Waals surface area contributed by atoms with Crippen LogP contribution in [0.5, 0.6) is 0 Å². The van der Waals surface area contributed by atoms with Crippen LogP contribution >= 0.6 is 0 Å². The van der Waals surface area contributed by atoms with Crippen LogP contribution in [0, 0.1) is 11.6 Å². The highest BCUT2D eigenvalue weighted by Gasteiger charge is 2.28. The molecule has 1 fully saturated rings. The molecule has 9 heteroatoms. The van der Waals surface area contributed by atoms with E-state index in [-0.39, 0.29) is 12.2 Å². The maximum Gasteiger partial charge on any atom is 0.343 e. The Morgan fingerprint density at radius 3 is 2.63 bits per heavy atom. The van der Waals surface area contributed by atoms with Gasteiger partial charge in [0.1, 0.15) is 18.2 Å². The second-order valence-corrected chi connectivity index (χ2v) is 3.63. The van der Waals surface area contributed by atoms with Gasteiger partial charge < -0.3 is 5.32 Å². The fraction of sp³-hybridized carbons (Fsp3) is 0.100. The second-order valence-electron chi connectivity index (χ2n) is 3.63. The first kappa shape index (κ1) is 12.7. The average molecular weight is 270 g/mol. The summed E-state index contributed by atoms with van der Waals surface area (Å²) in [6, 6.07) is 0.862. The van der Waals surface area contributed by atoms with E-state index in [0.29, 0.717) is 6.07 Å². The number of nitrogens with one attached hydrogen (secondary N) is 3. The van der Waals surface area contributed by atoms with Gasteiger partial charge in [-0.15, -0.1) is 0 Å². The minimum Gasteiger partial charge on any atom is -0.304 e. The van der Waals surface area contributed by atoms with Gasteiger partial charge in [-0.05, 0) is 12.1 Å². The molecular formula is C10H8F2N4O3. The molecule has 100 valence electrons. The quantitative estimate of drug-likeness (QED) is 0.685. The fourth-order valence-corrected chi connectivity index (χ4v) is 1.40. The highest BCUT2D eigenvalue weighted by atomic mass is 19.1. The number of hydrogen-bond acceptors (Lipinski definition) is 3. The number of hydrazine groups is 1. The van der Waals surface area contributed by atoms with E-state index in [0.717, 1.165) is 17.1 Å². The Kier molecular flexibility index (Phi) is 3.27. The average Bonchev–Trinajstić information content (AvgIpc) is 2.61. The summed E-state index contributed by atoms with van der Waals surface area (Å²) >= 11 is 0. The number of halogens is 2. The Balaban J connectivity index is 1.98. The van der Waals surface area contributed by atoms with Gasteiger partial charge in [0.25, 0.3) is 0 Å². The van der Waals surface area contributed by atoms with E-state index >= 15 is 0 Å². The van der Waals surface area contributed by atoms with Crippen molar-refractivity contribution in [1.82, 2.24) is 15.8 Å². The molecule has 7 nitrogen and oxygen atoms in total. The van der Waals surface area contributed by atoms with E-state index in [2.05, 4.69) is 5.32 Å². The van der Waals surface area contributed by atoms with Gasteiger partial charge in [0.15, 0.2) is 0 Å². The lowest BCUT2D eigenvalue weighted by atomic mass is 10.3. The molecule has 3 N–H and O–H groups in total. The number of urea groups is 2. The predicted molar refractivity (Wildman–Crippen MR) is 58.8 cm³/mol. The molecule has 5 amide bonds. The zero-order chi connectivity index (χ0) is 14.0. The normalized spacial score (nSPS) is 14.3. The van der Waals surface area contributed by atoms with E-state index in [4.69, 9.17) is 0 Å². The summed E-state index contributed by atoms with van der Waals surface area (Å²) in [5, 5.41) is 4.73. The zero-order valence-electron chi connectivity index (χ0n) is 9.37. The van der Waals surface area contributed by atoms with Gasteiger partial charge in [-0.2, -0.15) is 0 Å². The molecule has 0 atom stereocenters. The molecule has 0 aromatic heterocycles. The van der Waals surface area contributed by atoms with Gasteiger partial charge in [0.05, 0.1) is 5.69 Å². The largest absolute Gasteiger partial charge is 0.343 e. The third-order valence-corrected chi connectivity index (χ3v) is 2.21. The van der Waals surface area contributed by atoms with Gasteiger partial charge in [0.2, 0.25) is 5.91 Å². The van der Waals surface area contributed by atoms with Crippen LogP contribution in [0.3, 0.4) is 0 Å². The van der Waals surface area contributed by atoms with Crippen LogP contribution in [-0.4, -0.2) is 29.5 Å². The van der Waals surface area contributed by atoms with Gasteiger partial charge in [-0.1, -0.05) is 0 Å². The number of imide groups is 1. The highest BCUT2D eigenvalue weighted by Crippen LogP contribution is 2.14. The summed E-state index contributed by atoms with van der Waals surface area (Å²) in [7, 11) is 0. The molecule has 2 rings (SSSR count). The molecule has 1 aromatic rings. The molecule has 1 saturated heterocycles. The van der Waals surface area contributed by atoms with Crippen molar-refractivity contribution in [3.05, 3.63) is 29.8 Å². The van der Waals surface area contributed by atoms with Gasteiger partial charge in [-0.25, -0.2) is 28.8 Å². The number of carbonyl (C=O) groups is 3. The number of benzene rings is 1. The van der Waals surface area contributed by atoms with Crippen molar-refractivity contribution >= 4 is 23.7 Å². The van der Waals surface area contributed by atoms with Crippen LogP contribution in [0.4, 0.5) is 24.1 Å². The molecule has 0 radical (unpaired) electrons. The van der Waals surface area contributed by atoms with Crippen molar-refractivity contribution in [2.24, 2.45) is 0 Å². The van der Waals surface area contributed by atoms with E-state index in [1.165, 1.54) is 0 Å². The van der Waals surface area contributed by atoms with Crippen molar-refractivity contribution in [3.8, 4) is 0 Å². The van der Waals surface area contributed by atoms with Crippen LogP contribution in [-0.2, 0) is 4.79 Å². The molecular weight excluding hydrogens is 262 g/mol. The van der Waals surface area contributed by atoms with Crippen molar-refractivity contribution < 1.29 is 23.2 Å². The minimum atomic E-state index is -0.961. The molecule has 1 aromatic carbocycles. The summed E-state index contributed by atoms with van der Waals surface area (Å²) in [4.78, 5) is 33.4. The summed E-state index contributed by atoms with van der Waals surface area (Å²) in [6.07, 6.45) is 0. The SMILES string of the molecule is O=C1CN(NC(=O)Nc2ccc(F)cc2F)C(=O)N1. The number of carbonyl (C=O) groups excluding carboxylic acids is 3. The van der Waals surface area contributed by atoms with Crippen molar-refractivity contribution in [3.63, 3.8) is 0 Å². The molecule has 0 spiro atoms. The number of amides is 5. The van der Waals surface area contributed by atoms with Crippen LogP contribution in [0.1, 0.15) is 0 Å². The number of anilines is 1. The van der Waals surface area contributed by atoms with Crippen LogP contribution < -0.4 is 16.1 Å². The van der Waals surface area contributed by atoms with Crippen LogP contribution in [0.15, 0.2) is 18.2 Å². The minimum absolute atomic E-state index is 0.259. The summed E-state index contributed by atoms with van der Waals surface area (Å²) < 4.78 is 25.9. The number of hydrogen-bond donors (Lipinski definition) is 3. The second kappa shape index (κ2) is 4.88. The predicted octanol–water partition coefficient (Wildman–Crippen LogP) is 0.553. The molecule has 1 heterocycles. The van der Waals surface area contributed by atoms with Crippen molar-refractivity contribution in [2.75, 3.05) is 11.9 Å². The maximum atomic E-state index is 13.2. The number of nitrogens with zero attached hydrogens (tertiary/aromatic N) is 1. The van der Waals surface area contributed by atoms with E-state index in [9.17, 15) is 23.2 Å². The third-order valence-electron chi connectivity index (χ3n) is 2.21. The molecule has 0 saturated carbocycles. The fourth-order valence-electron chi connectivity index (χ4n) is 1.40. The van der Waals surface area contributed by atoms with Crippen molar-refractivity contribution in [1.29, 1.82) is 0 Å². The molecule has 19 heavy (non-hydrogen) atoms. The van der Waals surface area contributed by atoms with Crippen LogP contribution in [0.2, 0.25) is 0 Å². The first-order chi connectivity index (χ1) is 8.95. The zero-order valence-corrected chi connectivity index (χ0v) is 9.37. The summed E-state index contributed by atoms with van der Waals surface area (Å²) in [6.45, 7) is -0.335. The standard InChI is InChI=1S/C10H8F2N4O3/c11-5-1-2-7(6(12)3-5)13-9(18)15-16-4-8(17)14-10(16)19/h1-3H,4H2,(H2,13,15,18)(H,14,17,19). The Labute approximate surface area is 105 Å². The maximum absolute atomic E-state index is 13.2. The van der Waals surface area contributed by atoms with Gasteiger partial charge in [0, 0.05) is 6.07 Å². The third kappa shape index (κ3) is 2.94. The van der Waals surface area contributed by atoms with E-state index in [1.54, 1.807) is 0 Å². The van der Waals surface area contributed by atoms with Gasteiger partial charge in [-0.3, -0.25) is 10.1 Å². The molecule has 0 aliphatic carbocycles. The van der Waals surface area contributed by atoms with Crippen LogP contribution in [0.25, 0.3) is 0 Å². The Bertz CT molecular complexity index is 564. The summed E-state index contributed by atoms with van der Waals surface area (Å²) in [5.74, 6) is -2.32. The van der Waals surface area contributed by atoms with E-state index < -0.39 is 29.6 Å². The first-order valence-electron chi connectivity index (χ1n) is 5.10. The molecule has 0 bridgehead atoms. The van der Waals surface area contributed by atoms with Gasteiger partial charge >= 0.3 is 12.1 Å². The molecule has 1 aliphatic heterocycles. The lowest BCUT2D eigenvalue weighted by Gasteiger charge is -2.15. The van der Waals surface area contributed by atoms with E-state index in [1.807, 2.05) is 10.7 Å². The lowest BCUT2D eigenvalue weighted by Crippen LogP contribution is -2.46. The Morgan fingerprint density at radius 2 is 2.05 bits per heavy atom.